The van der Waals surface area contributed by atoms with Gasteiger partial charge < -0.3 is 14.1 Å². The molecular formula is C23H25N3O3. The zero-order valence-electron chi connectivity index (χ0n) is 16.6. The third-order valence-corrected chi connectivity index (χ3v) is 5.20. The van der Waals surface area contributed by atoms with Crippen LogP contribution in [0.1, 0.15) is 43.2 Å². The van der Waals surface area contributed by atoms with Crippen molar-refractivity contribution in [3.63, 3.8) is 0 Å². The molecule has 6 nitrogen and oxygen atoms in total. The summed E-state index contributed by atoms with van der Waals surface area (Å²) >= 11 is 0. The van der Waals surface area contributed by atoms with E-state index in [0.29, 0.717) is 24.1 Å². The summed E-state index contributed by atoms with van der Waals surface area (Å²) in [5, 5.41) is 8.47. The molecule has 0 aliphatic carbocycles. The van der Waals surface area contributed by atoms with E-state index < -0.39 is 0 Å². The number of hydrogen-bond donors (Lipinski definition) is 0. The minimum absolute atomic E-state index is 0.000753. The predicted octanol–water partition coefficient (Wildman–Crippen LogP) is 4.57. The number of carbonyl (C=O) groups excluding carboxylic acids is 1. The summed E-state index contributed by atoms with van der Waals surface area (Å²) in [6.07, 6.45) is 3.88. The lowest BCUT2D eigenvalue weighted by Crippen LogP contribution is -2.38. The fourth-order valence-corrected chi connectivity index (χ4v) is 3.59. The molecule has 1 unspecified atom stereocenters. The molecule has 150 valence electrons. The normalized spacial score (nSPS) is 17.0. The summed E-state index contributed by atoms with van der Waals surface area (Å²) in [5.41, 5.74) is 2.03. The number of aromatic nitrogens is 2. The van der Waals surface area contributed by atoms with Crippen molar-refractivity contribution in [1.82, 2.24) is 15.1 Å². The molecule has 1 amide bonds. The number of likely N-dealkylation sites (tertiary alicyclic amines) is 1. The minimum Gasteiger partial charge on any atom is -0.484 e. The van der Waals surface area contributed by atoms with Crippen LogP contribution in [0.3, 0.4) is 0 Å². The van der Waals surface area contributed by atoms with Crippen LogP contribution in [0, 0.1) is 6.92 Å². The van der Waals surface area contributed by atoms with Gasteiger partial charge in [-0.2, -0.15) is 0 Å². The Morgan fingerprint density at radius 2 is 1.86 bits per heavy atom. The number of rotatable bonds is 5. The average Bonchev–Trinajstić information content (AvgIpc) is 3.11. The molecule has 1 atom stereocenters. The second-order valence-electron chi connectivity index (χ2n) is 7.37. The zero-order valence-corrected chi connectivity index (χ0v) is 16.6. The number of benzene rings is 2. The van der Waals surface area contributed by atoms with E-state index in [1.54, 1.807) is 0 Å². The van der Waals surface area contributed by atoms with Gasteiger partial charge in [-0.15, -0.1) is 10.2 Å². The summed E-state index contributed by atoms with van der Waals surface area (Å²) in [4.78, 5) is 14.8. The molecule has 1 aromatic heterocycles. The van der Waals surface area contributed by atoms with Crippen LogP contribution >= 0.6 is 0 Å². The van der Waals surface area contributed by atoms with E-state index in [1.807, 2.05) is 66.4 Å². The van der Waals surface area contributed by atoms with E-state index >= 15 is 0 Å². The first-order chi connectivity index (χ1) is 14.2. The van der Waals surface area contributed by atoms with Gasteiger partial charge in [0, 0.05) is 12.1 Å². The van der Waals surface area contributed by atoms with Gasteiger partial charge in [-0.1, -0.05) is 48.7 Å². The Hall–Kier alpha value is -3.15. The van der Waals surface area contributed by atoms with Gasteiger partial charge in [-0.3, -0.25) is 4.79 Å². The first kappa shape index (κ1) is 19.2. The van der Waals surface area contributed by atoms with E-state index in [-0.39, 0.29) is 18.6 Å². The average molecular weight is 391 g/mol. The summed E-state index contributed by atoms with van der Waals surface area (Å²) in [5.74, 6) is 1.61. The monoisotopic (exact) mass is 391 g/mol. The number of hydrogen-bond acceptors (Lipinski definition) is 5. The standard InChI is InChI=1S/C23H25N3O3/c1-17-11-13-19(14-12-17)28-16-21(27)26-15-7-3-6-10-20(26)23-25-24-22(29-23)18-8-4-2-5-9-18/h2,4-5,8-9,11-14,20H,3,6-7,10,15-16H2,1H3. The maximum absolute atomic E-state index is 13.0. The lowest BCUT2D eigenvalue weighted by Gasteiger charge is -2.27. The second kappa shape index (κ2) is 8.90. The molecule has 6 heteroatoms. The Morgan fingerprint density at radius 1 is 1.07 bits per heavy atom. The fraction of sp³-hybridized carbons (Fsp3) is 0.348. The van der Waals surface area contributed by atoms with E-state index in [9.17, 15) is 4.79 Å². The molecule has 0 spiro atoms. The van der Waals surface area contributed by atoms with Gasteiger partial charge in [0.25, 0.3) is 5.91 Å². The molecule has 0 saturated carbocycles. The fourth-order valence-electron chi connectivity index (χ4n) is 3.59. The third-order valence-electron chi connectivity index (χ3n) is 5.20. The zero-order chi connectivity index (χ0) is 20.1. The predicted molar refractivity (Wildman–Crippen MR) is 109 cm³/mol. The van der Waals surface area contributed by atoms with Gasteiger partial charge in [-0.25, -0.2) is 0 Å². The Morgan fingerprint density at radius 3 is 2.66 bits per heavy atom. The molecule has 1 saturated heterocycles. The highest BCUT2D eigenvalue weighted by molar-refractivity contribution is 5.78. The minimum atomic E-state index is -0.211. The topological polar surface area (TPSA) is 68.5 Å². The van der Waals surface area contributed by atoms with Gasteiger partial charge in [-0.05, 0) is 44.0 Å². The molecule has 3 aromatic rings. The molecule has 2 heterocycles. The first-order valence-corrected chi connectivity index (χ1v) is 10.1. The van der Waals surface area contributed by atoms with Crippen molar-refractivity contribution >= 4 is 5.91 Å². The lowest BCUT2D eigenvalue weighted by molar-refractivity contribution is -0.136. The van der Waals surface area contributed by atoms with Crippen LogP contribution < -0.4 is 4.74 Å². The molecule has 1 aliphatic rings. The van der Waals surface area contributed by atoms with Crippen LogP contribution in [0.5, 0.6) is 5.75 Å². The Bertz CT molecular complexity index is 938. The van der Waals surface area contributed by atoms with Crippen molar-refractivity contribution in [3.05, 3.63) is 66.1 Å². The molecule has 29 heavy (non-hydrogen) atoms. The Balaban J connectivity index is 1.49. The molecular weight excluding hydrogens is 366 g/mol. The van der Waals surface area contributed by atoms with E-state index in [4.69, 9.17) is 9.15 Å². The third kappa shape index (κ3) is 4.65. The molecule has 0 radical (unpaired) electrons. The Labute approximate surface area is 170 Å². The van der Waals surface area contributed by atoms with Crippen LogP contribution in [0.4, 0.5) is 0 Å². The van der Waals surface area contributed by atoms with Crippen molar-refractivity contribution in [3.8, 4) is 17.2 Å². The quantitative estimate of drug-likeness (QED) is 0.637. The molecule has 1 fully saturated rings. The van der Waals surface area contributed by atoms with Crippen LogP contribution in [0.2, 0.25) is 0 Å². The highest BCUT2D eigenvalue weighted by Crippen LogP contribution is 2.31. The van der Waals surface area contributed by atoms with Gasteiger partial charge in [0.05, 0.1) is 0 Å². The van der Waals surface area contributed by atoms with Crippen LogP contribution in [0.15, 0.2) is 59.0 Å². The number of ether oxygens (including phenoxy) is 1. The molecule has 1 aliphatic heterocycles. The van der Waals surface area contributed by atoms with Gasteiger partial charge >= 0.3 is 0 Å². The number of amides is 1. The highest BCUT2D eigenvalue weighted by atomic mass is 16.5. The van der Waals surface area contributed by atoms with Crippen molar-refractivity contribution < 1.29 is 13.9 Å². The van der Waals surface area contributed by atoms with Gasteiger partial charge in [0.1, 0.15) is 11.8 Å². The molecule has 4 rings (SSSR count). The number of carbonyl (C=O) groups is 1. The van der Waals surface area contributed by atoms with E-state index in [1.165, 1.54) is 0 Å². The summed E-state index contributed by atoms with van der Waals surface area (Å²) < 4.78 is 11.7. The summed E-state index contributed by atoms with van der Waals surface area (Å²) in [7, 11) is 0. The highest BCUT2D eigenvalue weighted by Gasteiger charge is 2.31. The van der Waals surface area contributed by atoms with Crippen LogP contribution in [0.25, 0.3) is 11.5 Å². The molecule has 2 aromatic carbocycles. The SMILES string of the molecule is Cc1ccc(OCC(=O)N2CCCCCC2c2nnc(-c3ccccc3)o2)cc1. The smallest absolute Gasteiger partial charge is 0.261 e. The van der Waals surface area contributed by atoms with Crippen molar-refractivity contribution in [1.29, 1.82) is 0 Å². The first-order valence-electron chi connectivity index (χ1n) is 10.1. The van der Waals surface area contributed by atoms with Crippen molar-refractivity contribution in [2.24, 2.45) is 0 Å². The maximum Gasteiger partial charge on any atom is 0.261 e. The number of aryl methyl sites for hydroxylation is 1. The maximum atomic E-state index is 13.0. The van der Waals surface area contributed by atoms with E-state index in [0.717, 1.165) is 36.8 Å². The Kier molecular flexibility index (Phi) is 5.89. The summed E-state index contributed by atoms with van der Waals surface area (Å²) in [6, 6.07) is 17.2. The lowest BCUT2D eigenvalue weighted by atomic mass is 10.1. The molecule has 0 bridgehead atoms. The van der Waals surface area contributed by atoms with Crippen LogP contribution in [-0.4, -0.2) is 34.2 Å². The van der Waals surface area contributed by atoms with E-state index in [2.05, 4.69) is 10.2 Å². The molecule has 0 N–H and O–H groups in total. The van der Waals surface area contributed by atoms with Crippen molar-refractivity contribution in [2.75, 3.05) is 13.2 Å². The second-order valence-corrected chi connectivity index (χ2v) is 7.37. The van der Waals surface area contributed by atoms with Crippen molar-refractivity contribution in [2.45, 2.75) is 38.6 Å². The van der Waals surface area contributed by atoms with Crippen LogP contribution in [-0.2, 0) is 4.79 Å². The number of nitrogens with zero attached hydrogens (tertiary/aromatic N) is 3. The van der Waals surface area contributed by atoms with Gasteiger partial charge in [0.15, 0.2) is 6.61 Å². The van der Waals surface area contributed by atoms with Gasteiger partial charge in [0.2, 0.25) is 11.8 Å². The largest absolute Gasteiger partial charge is 0.484 e. The summed E-state index contributed by atoms with van der Waals surface area (Å²) in [6.45, 7) is 2.69.